The molecular formula is C17H15Cl2NO5. The Labute approximate surface area is 154 Å². The van der Waals surface area contributed by atoms with Gasteiger partial charge in [-0.25, -0.2) is 4.79 Å². The normalized spacial score (nSPS) is 10.2. The first kappa shape index (κ1) is 18.9. The van der Waals surface area contributed by atoms with Crippen molar-refractivity contribution in [2.45, 2.75) is 6.92 Å². The first-order chi connectivity index (χ1) is 11.8. The molecule has 0 saturated carbocycles. The van der Waals surface area contributed by atoms with Crippen LogP contribution in [0.15, 0.2) is 30.3 Å². The van der Waals surface area contributed by atoms with E-state index in [0.29, 0.717) is 16.3 Å². The van der Waals surface area contributed by atoms with E-state index >= 15 is 0 Å². The first-order valence-corrected chi connectivity index (χ1v) is 7.84. The molecule has 2 rings (SSSR count). The van der Waals surface area contributed by atoms with Crippen LogP contribution in [0.4, 0.5) is 0 Å². The Bertz CT molecular complexity index is 823. The van der Waals surface area contributed by atoms with Crippen LogP contribution in [0.5, 0.6) is 17.2 Å². The van der Waals surface area contributed by atoms with Crippen molar-refractivity contribution >= 4 is 35.1 Å². The number of amides is 1. The monoisotopic (exact) mass is 383 g/mol. The highest BCUT2D eigenvalue weighted by molar-refractivity contribution is 6.32. The van der Waals surface area contributed by atoms with Gasteiger partial charge in [0.15, 0.2) is 18.1 Å². The Balaban J connectivity index is 2.27. The maximum Gasteiger partial charge on any atom is 0.343 e. The van der Waals surface area contributed by atoms with Crippen molar-refractivity contribution in [2.24, 2.45) is 5.73 Å². The molecule has 0 fully saturated rings. The molecule has 2 aromatic rings. The smallest absolute Gasteiger partial charge is 0.343 e. The molecule has 132 valence electrons. The molecule has 0 aliphatic heterocycles. The summed E-state index contributed by atoms with van der Waals surface area (Å²) in [6.45, 7) is 1.40. The second-order valence-corrected chi connectivity index (χ2v) is 5.89. The van der Waals surface area contributed by atoms with Crippen LogP contribution in [0.25, 0.3) is 0 Å². The lowest BCUT2D eigenvalue weighted by Gasteiger charge is -2.13. The van der Waals surface area contributed by atoms with E-state index in [1.54, 1.807) is 25.1 Å². The third-order valence-electron chi connectivity index (χ3n) is 3.16. The van der Waals surface area contributed by atoms with E-state index < -0.39 is 11.9 Å². The topological polar surface area (TPSA) is 87.8 Å². The van der Waals surface area contributed by atoms with E-state index in [1.807, 2.05) is 0 Å². The van der Waals surface area contributed by atoms with Gasteiger partial charge in [-0.3, -0.25) is 4.79 Å². The summed E-state index contributed by atoms with van der Waals surface area (Å²) in [6, 6.07) is 7.65. The van der Waals surface area contributed by atoms with Crippen molar-refractivity contribution in [3.8, 4) is 17.2 Å². The number of methoxy groups -OCH3 is 1. The number of esters is 1. The second-order valence-electron chi connectivity index (χ2n) is 5.04. The number of nitrogens with two attached hydrogens (primary N) is 1. The van der Waals surface area contributed by atoms with E-state index in [4.69, 9.17) is 43.1 Å². The predicted molar refractivity (Wildman–Crippen MR) is 93.8 cm³/mol. The van der Waals surface area contributed by atoms with Crippen LogP contribution < -0.4 is 19.9 Å². The van der Waals surface area contributed by atoms with Gasteiger partial charge in [0, 0.05) is 5.02 Å². The highest BCUT2D eigenvalue weighted by Gasteiger charge is 2.18. The van der Waals surface area contributed by atoms with E-state index in [-0.39, 0.29) is 28.7 Å². The maximum absolute atomic E-state index is 12.4. The van der Waals surface area contributed by atoms with Gasteiger partial charge in [-0.2, -0.15) is 0 Å². The van der Waals surface area contributed by atoms with Crippen molar-refractivity contribution < 1.29 is 23.8 Å². The number of rotatable bonds is 6. The Kier molecular flexibility index (Phi) is 6.12. The molecule has 0 saturated heterocycles. The summed E-state index contributed by atoms with van der Waals surface area (Å²) < 4.78 is 15.7. The van der Waals surface area contributed by atoms with Crippen molar-refractivity contribution in [3.05, 3.63) is 51.5 Å². The summed E-state index contributed by atoms with van der Waals surface area (Å²) in [5.41, 5.74) is 5.90. The van der Waals surface area contributed by atoms with Crippen molar-refractivity contribution in [3.63, 3.8) is 0 Å². The Morgan fingerprint density at radius 3 is 2.44 bits per heavy atom. The molecule has 0 aromatic heterocycles. The Morgan fingerprint density at radius 2 is 1.84 bits per heavy atom. The minimum Gasteiger partial charge on any atom is -0.493 e. The average molecular weight is 384 g/mol. The predicted octanol–water partition coefficient (Wildman–Crippen LogP) is 3.39. The van der Waals surface area contributed by atoms with Crippen LogP contribution in [0.3, 0.4) is 0 Å². The molecule has 0 aliphatic rings. The van der Waals surface area contributed by atoms with Crippen molar-refractivity contribution in [2.75, 3.05) is 13.7 Å². The highest BCUT2D eigenvalue weighted by atomic mass is 35.5. The SMILES string of the molecule is COc1cc(C(=O)Oc2ccc(Cl)cc2C)cc(Cl)c1OCC(N)=O. The maximum atomic E-state index is 12.4. The molecule has 0 spiro atoms. The van der Waals surface area contributed by atoms with Gasteiger partial charge in [0.2, 0.25) is 0 Å². The summed E-state index contributed by atoms with van der Waals surface area (Å²) in [7, 11) is 1.38. The number of halogens is 2. The average Bonchev–Trinajstić information content (AvgIpc) is 2.55. The molecule has 2 N–H and O–H groups in total. The van der Waals surface area contributed by atoms with Crippen molar-refractivity contribution in [1.82, 2.24) is 0 Å². The number of hydrogen-bond acceptors (Lipinski definition) is 5. The summed E-state index contributed by atoms with van der Waals surface area (Å²) in [6.07, 6.45) is 0. The second kappa shape index (κ2) is 8.09. The zero-order valence-electron chi connectivity index (χ0n) is 13.5. The van der Waals surface area contributed by atoms with Gasteiger partial charge in [0.05, 0.1) is 17.7 Å². The van der Waals surface area contributed by atoms with Crippen molar-refractivity contribution in [1.29, 1.82) is 0 Å². The number of primary amides is 1. The molecule has 6 nitrogen and oxygen atoms in total. The fourth-order valence-corrected chi connectivity index (χ4v) is 2.50. The van der Waals surface area contributed by atoms with Gasteiger partial charge in [-0.15, -0.1) is 0 Å². The lowest BCUT2D eigenvalue weighted by atomic mass is 10.2. The summed E-state index contributed by atoms with van der Waals surface area (Å²) in [5.74, 6) is -0.638. The molecule has 0 atom stereocenters. The lowest BCUT2D eigenvalue weighted by Crippen LogP contribution is -2.20. The van der Waals surface area contributed by atoms with Crippen LogP contribution in [0.2, 0.25) is 10.0 Å². The van der Waals surface area contributed by atoms with Crippen LogP contribution >= 0.6 is 23.2 Å². The molecule has 0 unspecified atom stereocenters. The van der Waals surface area contributed by atoms with Gasteiger partial charge >= 0.3 is 5.97 Å². The minimum absolute atomic E-state index is 0.0837. The van der Waals surface area contributed by atoms with Crippen LogP contribution in [-0.2, 0) is 4.79 Å². The van der Waals surface area contributed by atoms with E-state index in [9.17, 15) is 9.59 Å². The zero-order valence-corrected chi connectivity index (χ0v) is 15.0. The standard InChI is InChI=1S/C17H15Cl2NO5/c1-9-5-11(18)3-4-13(9)25-17(22)10-6-12(19)16(14(7-10)23-2)24-8-15(20)21/h3-7H,8H2,1-2H3,(H2,20,21). The van der Waals surface area contributed by atoms with Crippen LogP contribution in [0.1, 0.15) is 15.9 Å². The first-order valence-electron chi connectivity index (χ1n) is 7.08. The van der Waals surface area contributed by atoms with E-state index in [0.717, 1.165) is 0 Å². The third kappa shape index (κ3) is 4.78. The molecule has 0 radical (unpaired) electrons. The highest BCUT2D eigenvalue weighted by Crippen LogP contribution is 2.36. The zero-order chi connectivity index (χ0) is 18.6. The van der Waals surface area contributed by atoms with Gasteiger partial charge in [0.1, 0.15) is 5.75 Å². The number of benzene rings is 2. The largest absolute Gasteiger partial charge is 0.493 e. The molecule has 0 aliphatic carbocycles. The van der Waals surface area contributed by atoms with Crippen LogP contribution in [-0.4, -0.2) is 25.6 Å². The Hall–Kier alpha value is -2.44. The molecule has 0 bridgehead atoms. The molecule has 0 heterocycles. The fraction of sp³-hybridized carbons (Fsp3) is 0.176. The minimum atomic E-state index is -0.667. The van der Waals surface area contributed by atoms with Gasteiger partial charge < -0.3 is 19.9 Å². The van der Waals surface area contributed by atoms with E-state index in [2.05, 4.69) is 0 Å². The van der Waals surface area contributed by atoms with Crippen LogP contribution in [0, 0.1) is 6.92 Å². The molecule has 25 heavy (non-hydrogen) atoms. The third-order valence-corrected chi connectivity index (χ3v) is 3.68. The number of hydrogen-bond donors (Lipinski definition) is 1. The number of aryl methyl sites for hydroxylation is 1. The summed E-state index contributed by atoms with van der Waals surface area (Å²) in [4.78, 5) is 23.2. The van der Waals surface area contributed by atoms with Gasteiger partial charge in [-0.05, 0) is 42.8 Å². The quantitative estimate of drug-likeness (QED) is 0.609. The Morgan fingerprint density at radius 1 is 1.12 bits per heavy atom. The van der Waals surface area contributed by atoms with Gasteiger partial charge in [-0.1, -0.05) is 23.2 Å². The lowest BCUT2D eigenvalue weighted by molar-refractivity contribution is -0.119. The summed E-state index contributed by atoms with van der Waals surface area (Å²) in [5, 5.41) is 0.623. The molecule has 8 heteroatoms. The van der Waals surface area contributed by atoms with Gasteiger partial charge in [0.25, 0.3) is 5.91 Å². The molecule has 1 amide bonds. The summed E-state index contributed by atoms with van der Waals surface area (Å²) >= 11 is 12.0. The number of ether oxygens (including phenoxy) is 3. The fourth-order valence-electron chi connectivity index (χ4n) is 2.01. The molecule has 2 aromatic carbocycles. The number of carbonyl (C=O) groups excluding carboxylic acids is 2. The number of carbonyl (C=O) groups is 2. The molecular weight excluding hydrogens is 369 g/mol. The van der Waals surface area contributed by atoms with E-state index in [1.165, 1.54) is 19.2 Å².